The molecule has 0 saturated carbocycles. The zero-order valence-corrected chi connectivity index (χ0v) is 18.9. The molecule has 2 heterocycles. The zero-order chi connectivity index (χ0) is 22.7. The summed E-state index contributed by atoms with van der Waals surface area (Å²) in [6.07, 6.45) is 1.61. The number of hydrogen-bond donors (Lipinski definition) is 0. The Morgan fingerprint density at radius 2 is 1.88 bits per heavy atom. The average Bonchev–Trinajstić information content (AvgIpc) is 3.38. The molecule has 0 saturated heterocycles. The number of carbonyl (C=O) groups is 1. The zero-order valence-electron chi connectivity index (χ0n) is 18.1. The fraction of sp³-hybridized carbons (Fsp3) is 0.208. The number of para-hydroxylation sites is 2. The highest BCUT2D eigenvalue weighted by atomic mass is 32.2. The van der Waals surface area contributed by atoms with E-state index in [2.05, 4.69) is 14.8 Å². The summed E-state index contributed by atoms with van der Waals surface area (Å²) in [7, 11) is 1.61. The van der Waals surface area contributed by atoms with E-state index < -0.39 is 0 Å². The van der Waals surface area contributed by atoms with Gasteiger partial charge in [0.15, 0.2) is 10.9 Å². The van der Waals surface area contributed by atoms with E-state index in [1.165, 1.54) is 23.9 Å². The second-order valence-corrected chi connectivity index (χ2v) is 8.31. The highest BCUT2D eigenvalue weighted by molar-refractivity contribution is 7.99. The molecule has 4 rings (SSSR count). The first-order valence-corrected chi connectivity index (χ1v) is 11.1. The van der Waals surface area contributed by atoms with Crippen molar-refractivity contribution >= 4 is 17.5 Å². The van der Waals surface area contributed by atoms with Gasteiger partial charge in [-0.25, -0.2) is 4.39 Å². The number of methoxy groups -OCH3 is 1. The van der Waals surface area contributed by atoms with E-state index in [9.17, 15) is 9.18 Å². The first kappa shape index (κ1) is 21.8. The Morgan fingerprint density at radius 3 is 2.62 bits per heavy atom. The van der Waals surface area contributed by atoms with Crippen LogP contribution < -0.4 is 4.74 Å². The predicted octanol–water partition coefficient (Wildman–Crippen LogP) is 4.86. The summed E-state index contributed by atoms with van der Waals surface area (Å²) in [4.78, 5) is 13.0. The van der Waals surface area contributed by atoms with Crippen LogP contribution in [0.1, 0.15) is 27.3 Å². The molecule has 6 nitrogen and oxygen atoms in total. The van der Waals surface area contributed by atoms with Gasteiger partial charge in [0.25, 0.3) is 0 Å². The Kier molecular flexibility index (Phi) is 6.41. The molecule has 0 aliphatic carbocycles. The van der Waals surface area contributed by atoms with Crippen LogP contribution in [0.2, 0.25) is 0 Å². The number of aryl methyl sites for hydroxylation is 1. The van der Waals surface area contributed by atoms with Gasteiger partial charge in [-0.2, -0.15) is 0 Å². The van der Waals surface area contributed by atoms with Crippen LogP contribution in [0.5, 0.6) is 5.75 Å². The van der Waals surface area contributed by atoms with E-state index in [0.717, 1.165) is 22.6 Å². The van der Waals surface area contributed by atoms with Crippen molar-refractivity contribution in [3.05, 3.63) is 89.3 Å². The van der Waals surface area contributed by atoms with Crippen LogP contribution in [0.25, 0.3) is 5.69 Å². The molecule has 0 atom stereocenters. The van der Waals surface area contributed by atoms with Gasteiger partial charge in [-0.15, -0.1) is 10.2 Å². The highest BCUT2D eigenvalue weighted by Gasteiger charge is 2.18. The number of ether oxygens (including phenoxy) is 1. The molecular weight excluding hydrogens is 427 g/mol. The highest BCUT2D eigenvalue weighted by Crippen LogP contribution is 2.27. The Morgan fingerprint density at radius 1 is 1.12 bits per heavy atom. The summed E-state index contributed by atoms with van der Waals surface area (Å²) in [5, 5.41) is 8.80. The van der Waals surface area contributed by atoms with Gasteiger partial charge in [0.1, 0.15) is 17.9 Å². The number of ketones is 1. The van der Waals surface area contributed by atoms with Crippen molar-refractivity contribution < 1.29 is 13.9 Å². The molecule has 0 amide bonds. The summed E-state index contributed by atoms with van der Waals surface area (Å²) >= 11 is 1.33. The summed E-state index contributed by atoms with van der Waals surface area (Å²) in [6.45, 7) is 4.49. The maximum Gasteiger partial charge on any atom is 0.196 e. The third-order valence-corrected chi connectivity index (χ3v) is 6.26. The molecule has 4 aromatic rings. The van der Waals surface area contributed by atoms with Gasteiger partial charge in [-0.1, -0.05) is 36.0 Å². The van der Waals surface area contributed by atoms with E-state index in [-0.39, 0.29) is 17.4 Å². The molecule has 32 heavy (non-hydrogen) atoms. The largest absolute Gasteiger partial charge is 0.495 e. The van der Waals surface area contributed by atoms with Crippen molar-refractivity contribution in [1.29, 1.82) is 0 Å². The SMILES string of the molecule is COc1ccccc1-n1cnnc1SCC(=O)c1cc(C)n(Cc2ccc(F)cc2)c1C. The molecule has 164 valence electrons. The predicted molar refractivity (Wildman–Crippen MR) is 122 cm³/mol. The standard InChI is InChI=1S/C24H23FN4O2S/c1-16-12-20(17(2)28(16)13-18-8-10-19(25)11-9-18)22(30)14-32-24-27-26-15-29(24)21-6-4-5-7-23(21)31-3/h4-12,15H,13-14H2,1-3H3. The Hall–Kier alpha value is -3.39. The number of thioether (sulfide) groups is 1. The summed E-state index contributed by atoms with van der Waals surface area (Å²) in [5.74, 6) is 0.686. The number of carbonyl (C=O) groups excluding carboxylic acids is 1. The summed E-state index contributed by atoms with van der Waals surface area (Å²) in [6, 6.07) is 15.9. The molecule has 0 fully saturated rings. The Labute approximate surface area is 190 Å². The first-order valence-electron chi connectivity index (χ1n) is 10.1. The van der Waals surface area contributed by atoms with Gasteiger partial charge in [-0.05, 0) is 49.7 Å². The van der Waals surface area contributed by atoms with Gasteiger partial charge >= 0.3 is 0 Å². The minimum absolute atomic E-state index is 0.0167. The van der Waals surface area contributed by atoms with Gasteiger partial charge in [0, 0.05) is 23.5 Å². The van der Waals surface area contributed by atoms with Crippen molar-refractivity contribution in [3.8, 4) is 11.4 Å². The fourth-order valence-corrected chi connectivity index (χ4v) is 4.43. The van der Waals surface area contributed by atoms with Gasteiger partial charge in [-0.3, -0.25) is 9.36 Å². The lowest BCUT2D eigenvalue weighted by molar-refractivity contribution is 0.102. The molecule has 0 bridgehead atoms. The second kappa shape index (κ2) is 9.40. The van der Waals surface area contributed by atoms with Crippen molar-refractivity contribution in [3.63, 3.8) is 0 Å². The van der Waals surface area contributed by atoms with Crippen molar-refractivity contribution in [2.75, 3.05) is 12.9 Å². The number of halogens is 1. The Balaban J connectivity index is 1.50. The Bertz CT molecular complexity index is 1250. The third-order valence-electron chi connectivity index (χ3n) is 5.32. The van der Waals surface area contributed by atoms with Crippen molar-refractivity contribution in [2.45, 2.75) is 25.5 Å². The van der Waals surface area contributed by atoms with Crippen molar-refractivity contribution in [2.24, 2.45) is 0 Å². The van der Waals surface area contributed by atoms with Crippen LogP contribution in [0.3, 0.4) is 0 Å². The molecule has 2 aromatic heterocycles. The molecule has 0 N–H and O–H groups in total. The molecular formula is C24H23FN4O2S. The number of rotatable bonds is 8. The summed E-state index contributed by atoms with van der Waals surface area (Å²) in [5.41, 5.74) is 4.35. The van der Waals surface area contributed by atoms with Gasteiger partial charge in [0.05, 0.1) is 18.6 Å². The smallest absolute Gasteiger partial charge is 0.196 e. The fourth-order valence-electron chi connectivity index (χ4n) is 3.62. The van der Waals surface area contributed by atoms with E-state index in [1.807, 2.05) is 48.7 Å². The van der Waals surface area contributed by atoms with E-state index in [4.69, 9.17) is 4.74 Å². The van der Waals surface area contributed by atoms with Crippen LogP contribution in [0, 0.1) is 19.7 Å². The van der Waals surface area contributed by atoms with Crippen molar-refractivity contribution in [1.82, 2.24) is 19.3 Å². The van der Waals surface area contributed by atoms with Crippen LogP contribution in [-0.2, 0) is 6.54 Å². The lowest BCUT2D eigenvalue weighted by Gasteiger charge is -2.11. The molecule has 2 aromatic carbocycles. The topological polar surface area (TPSA) is 61.9 Å². The van der Waals surface area contributed by atoms with Gasteiger partial charge < -0.3 is 9.30 Å². The molecule has 0 spiro atoms. The molecule has 0 aliphatic heterocycles. The first-order chi connectivity index (χ1) is 15.5. The molecule has 0 unspecified atom stereocenters. The van der Waals surface area contributed by atoms with Crippen LogP contribution in [-0.4, -0.2) is 38.0 Å². The maximum absolute atomic E-state index is 13.2. The monoisotopic (exact) mass is 450 g/mol. The lowest BCUT2D eigenvalue weighted by atomic mass is 10.2. The number of benzene rings is 2. The third kappa shape index (κ3) is 4.45. The average molecular weight is 451 g/mol. The minimum Gasteiger partial charge on any atom is -0.495 e. The van der Waals surface area contributed by atoms with E-state index in [1.54, 1.807) is 25.6 Å². The summed E-state index contributed by atoms with van der Waals surface area (Å²) < 4.78 is 22.5. The minimum atomic E-state index is -0.261. The quantitative estimate of drug-likeness (QED) is 0.284. The normalized spacial score (nSPS) is 11.0. The number of Topliss-reactive ketones (excluding diaryl/α,β-unsaturated/α-hetero) is 1. The molecule has 0 aliphatic rings. The van der Waals surface area contributed by atoms with Crippen LogP contribution in [0.4, 0.5) is 4.39 Å². The lowest BCUT2D eigenvalue weighted by Crippen LogP contribution is -2.08. The number of hydrogen-bond acceptors (Lipinski definition) is 5. The van der Waals surface area contributed by atoms with Gasteiger partial charge in [0.2, 0.25) is 0 Å². The van der Waals surface area contributed by atoms with E-state index >= 15 is 0 Å². The molecule has 0 radical (unpaired) electrons. The number of aromatic nitrogens is 4. The maximum atomic E-state index is 13.2. The second-order valence-electron chi connectivity index (χ2n) is 7.36. The van der Waals surface area contributed by atoms with Crippen LogP contribution >= 0.6 is 11.8 Å². The van der Waals surface area contributed by atoms with Crippen LogP contribution in [0.15, 0.2) is 66.1 Å². The number of nitrogens with zero attached hydrogens (tertiary/aromatic N) is 4. The molecule has 8 heteroatoms. The van der Waals surface area contributed by atoms with E-state index in [0.29, 0.717) is 23.0 Å².